The molecule has 0 saturated carbocycles. The van der Waals surface area contributed by atoms with Gasteiger partial charge in [-0.15, -0.1) is 0 Å². The fraction of sp³-hybridized carbons (Fsp3) is 0.160. The van der Waals surface area contributed by atoms with E-state index < -0.39 is 28.7 Å². The number of amides is 3. The van der Waals surface area contributed by atoms with E-state index in [2.05, 4.69) is 0 Å². The summed E-state index contributed by atoms with van der Waals surface area (Å²) in [5.41, 5.74) is 0.976. The first-order valence-electron chi connectivity index (χ1n) is 10.9. The Morgan fingerprint density at radius 3 is 2.42 bits per heavy atom. The zero-order valence-corrected chi connectivity index (χ0v) is 19.4. The SMILES string of the molecule is O=C1CC(N(Cc2ccc3c(c2)OCO3)C(=O)c2ccc([N+](=O)[O-])cc2)C(=O)N1c1ccc(Cl)cc1. The quantitative estimate of drug-likeness (QED) is 0.281. The molecule has 1 atom stereocenters. The van der Waals surface area contributed by atoms with Gasteiger partial charge in [-0.3, -0.25) is 24.5 Å². The minimum absolute atomic E-state index is 0.00932. The Bertz CT molecular complexity index is 1380. The van der Waals surface area contributed by atoms with E-state index in [0.29, 0.717) is 27.8 Å². The van der Waals surface area contributed by atoms with Gasteiger partial charge in [-0.25, -0.2) is 4.90 Å². The van der Waals surface area contributed by atoms with Crippen LogP contribution in [0, 0.1) is 10.1 Å². The van der Waals surface area contributed by atoms with Crippen molar-refractivity contribution < 1.29 is 28.8 Å². The largest absolute Gasteiger partial charge is 0.454 e. The fourth-order valence-electron chi connectivity index (χ4n) is 4.17. The first-order chi connectivity index (χ1) is 17.3. The molecule has 0 spiro atoms. The number of nitrogens with zero attached hydrogens (tertiary/aromatic N) is 3. The Labute approximate surface area is 209 Å². The van der Waals surface area contributed by atoms with Crippen LogP contribution in [0.25, 0.3) is 0 Å². The molecule has 0 aliphatic carbocycles. The van der Waals surface area contributed by atoms with Crippen LogP contribution in [0.2, 0.25) is 5.02 Å². The molecule has 11 heteroatoms. The molecule has 10 nitrogen and oxygen atoms in total. The average Bonchev–Trinajstić information content (AvgIpc) is 3.46. The van der Waals surface area contributed by atoms with Crippen molar-refractivity contribution in [1.82, 2.24) is 4.90 Å². The van der Waals surface area contributed by atoms with Crippen LogP contribution >= 0.6 is 11.6 Å². The topological polar surface area (TPSA) is 119 Å². The number of nitro groups is 1. The highest BCUT2D eigenvalue weighted by Gasteiger charge is 2.44. The summed E-state index contributed by atoms with van der Waals surface area (Å²) in [5.74, 6) is -0.496. The van der Waals surface area contributed by atoms with Gasteiger partial charge in [0.2, 0.25) is 12.7 Å². The Kier molecular flexibility index (Phi) is 6.03. The molecule has 3 aromatic carbocycles. The molecule has 0 radical (unpaired) electrons. The smallest absolute Gasteiger partial charge is 0.269 e. The number of fused-ring (bicyclic) bond motifs is 1. The molecule has 36 heavy (non-hydrogen) atoms. The van der Waals surface area contributed by atoms with Crippen molar-refractivity contribution in [2.45, 2.75) is 19.0 Å². The summed E-state index contributed by atoms with van der Waals surface area (Å²) < 4.78 is 10.8. The van der Waals surface area contributed by atoms with Gasteiger partial charge in [0, 0.05) is 29.3 Å². The molecular formula is C25H18ClN3O7. The molecular weight excluding hydrogens is 490 g/mol. The normalized spacial score (nSPS) is 16.4. The molecule has 1 saturated heterocycles. The van der Waals surface area contributed by atoms with Crippen LogP contribution in [0.15, 0.2) is 66.7 Å². The van der Waals surface area contributed by atoms with Crippen LogP contribution in [0.1, 0.15) is 22.3 Å². The van der Waals surface area contributed by atoms with Gasteiger partial charge in [0.05, 0.1) is 17.0 Å². The van der Waals surface area contributed by atoms with E-state index in [0.717, 1.165) is 4.90 Å². The Morgan fingerprint density at radius 2 is 1.72 bits per heavy atom. The molecule has 182 valence electrons. The lowest BCUT2D eigenvalue weighted by atomic mass is 10.1. The number of ether oxygens (including phenoxy) is 2. The van der Waals surface area contributed by atoms with Crippen LogP contribution < -0.4 is 14.4 Å². The van der Waals surface area contributed by atoms with Crippen molar-refractivity contribution in [3.63, 3.8) is 0 Å². The summed E-state index contributed by atoms with van der Waals surface area (Å²) in [6.45, 7) is 0.0699. The minimum Gasteiger partial charge on any atom is -0.454 e. The summed E-state index contributed by atoms with van der Waals surface area (Å²) in [6.07, 6.45) is -0.218. The van der Waals surface area contributed by atoms with Gasteiger partial charge in [-0.05, 0) is 54.1 Å². The lowest BCUT2D eigenvalue weighted by molar-refractivity contribution is -0.384. The first-order valence-corrected chi connectivity index (χ1v) is 11.3. The van der Waals surface area contributed by atoms with E-state index in [1.54, 1.807) is 42.5 Å². The molecule has 0 bridgehead atoms. The van der Waals surface area contributed by atoms with E-state index in [1.165, 1.54) is 29.2 Å². The molecule has 3 aromatic rings. The zero-order chi connectivity index (χ0) is 25.4. The molecule has 5 rings (SSSR count). The number of nitro benzene ring substituents is 1. The van der Waals surface area contributed by atoms with Crippen molar-refractivity contribution in [3.05, 3.63) is 93.0 Å². The van der Waals surface area contributed by atoms with E-state index in [4.69, 9.17) is 21.1 Å². The van der Waals surface area contributed by atoms with Gasteiger partial charge in [0.25, 0.3) is 17.5 Å². The highest BCUT2D eigenvalue weighted by Crippen LogP contribution is 2.34. The van der Waals surface area contributed by atoms with Gasteiger partial charge in [0.15, 0.2) is 11.5 Å². The standard InChI is InChI=1S/C25H18ClN3O7/c26-17-4-8-18(9-5-17)28-23(30)12-20(25(28)32)27(13-15-1-10-21-22(11-15)36-14-35-21)24(31)16-2-6-19(7-3-16)29(33)34/h1-11,20H,12-14H2. The number of halogens is 1. The third-order valence-corrected chi connectivity index (χ3v) is 6.21. The van der Waals surface area contributed by atoms with Crippen molar-refractivity contribution in [2.24, 2.45) is 0 Å². The molecule has 2 aliphatic rings. The molecule has 0 aromatic heterocycles. The second-order valence-corrected chi connectivity index (χ2v) is 8.62. The van der Waals surface area contributed by atoms with E-state index in [-0.39, 0.29) is 31.0 Å². The zero-order valence-electron chi connectivity index (χ0n) is 18.6. The van der Waals surface area contributed by atoms with Crippen LogP contribution in [0.3, 0.4) is 0 Å². The third-order valence-electron chi connectivity index (χ3n) is 5.96. The lowest BCUT2D eigenvalue weighted by Gasteiger charge is -2.28. The Hall–Kier alpha value is -4.44. The van der Waals surface area contributed by atoms with Crippen molar-refractivity contribution >= 4 is 40.7 Å². The third kappa shape index (κ3) is 4.34. The molecule has 3 amide bonds. The second-order valence-electron chi connectivity index (χ2n) is 8.19. The number of non-ortho nitro benzene ring substituents is 1. The van der Waals surface area contributed by atoms with Crippen LogP contribution in [-0.2, 0) is 16.1 Å². The number of rotatable bonds is 6. The van der Waals surface area contributed by atoms with E-state index in [1.807, 2.05) is 0 Å². The van der Waals surface area contributed by atoms with Crippen molar-refractivity contribution in [2.75, 3.05) is 11.7 Å². The molecule has 0 N–H and O–H groups in total. The number of carbonyl (C=O) groups excluding carboxylic acids is 3. The maximum absolute atomic E-state index is 13.6. The van der Waals surface area contributed by atoms with Gasteiger partial charge in [-0.1, -0.05) is 17.7 Å². The number of carbonyl (C=O) groups is 3. The van der Waals surface area contributed by atoms with Gasteiger partial charge < -0.3 is 14.4 Å². The number of imide groups is 1. The predicted molar refractivity (Wildman–Crippen MR) is 128 cm³/mol. The first kappa shape index (κ1) is 23.3. The number of hydrogen-bond acceptors (Lipinski definition) is 7. The lowest BCUT2D eigenvalue weighted by Crippen LogP contribution is -2.45. The predicted octanol–water partition coefficient (Wildman–Crippen LogP) is 3.95. The van der Waals surface area contributed by atoms with E-state index >= 15 is 0 Å². The molecule has 2 aliphatic heterocycles. The van der Waals surface area contributed by atoms with Crippen molar-refractivity contribution in [3.8, 4) is 11.5 Å². The Balaban J connectivity index is 1.49. The molecule has 2 heterocycles. The second kappa shape index (κ2) is 9.31. The summed E-state index contributed by atoms with van der Waals surface area (Å²) in [7, 11) is 0. The molecule has 1 unspecified atom stereocenters. The van der Waals surface area contributed by atoms with Crippen molar-refractivity contribution in [1.29, 1.82) is 0 Å². The van der Waals surface area contributed by atoms with Crippen LogP contribution in [0.5, 0.6) is 11.5 Å². The Morgan fingerprint density at radius 1 is 1.03 bits per heavy atom. The highest BCUT2D eigenvalue weighted by molar-refractivity contribution is 6.31. The fourth-order valence-corrected chi connectivity index (χ4v) is 4.30. The number of hydrogen-bond donors (Lipinski definition) is 0. The van der Waals surface area contributed by atoms with Gasteiger partial charge >= 0.3 is 0 Å². The van der Waals surface area contributed by atoms with Crippen LogP contribution in [-0.4, -0.2) is 40.4 Å². The summed E-state index contributed by atoms with van der Waals surface area (Å²) in [4.78, 5) is 52.7. The monoisotopic (exact) mass is 507 g/mol. The van der Waals surface area contributed by atoms with Gasteiger partial charge in [-0.2, -0.15) is 0 Å². The maximum atomic E-state index is 13.6. The average molecular weight is 508 g/mol. The summed E-state index contributed by atoms with van der Waals surface area (Å²) in [6, 6.07) is 15.4. The number of benzene rings is 3. The minimum atomic E-state index is -1.08. The highest BCUT2D eigenvalue weighted by atomic mass is 35.5. The van der Waals surface area contributed by atoms with Crippen LogP contribution in [0.4, 0.5) is 11.4 Å². The van der Waals surface area contributed by atoms with Gasteiger partial charge in [0.1, 0.15) is 6.04 Å². The molecule has 1 fully saturated rings. The summed E-state index contributed by atoms with van der Waals surface area (Å²) >= 11 is 5.94. The maximum Gasteiger partial charge on any atom is 0.269 e. The summed E-state index contributed by atoms with van der Waals surface area (Å²) in [5, 5.41) is 11.5. The number of anilines is 1. The van der Waals surface area contributed by atoms with E-state index in [9.17, 15) is 24.5 Å².